The van der Waals surface area contributed by atoms with Gasteiger partial charge in [-0.2, -0.15) is 0 Å². The van der Waals surface area contributed by atoms with E-state index in [2.05, 4.69) is 71.9 Å². The van der Waals surface area contributed by atoms with Crippen molar-refractivity contribution < 1.29 is 9.90 Å². The first-order chi connectivity index (χ1) is 14.1. The van der Waals surface area contributed by atoms with E-state index in [1.54, 1.807) is 0 Å². The number of carbonyl (C=O) groups is 1. The molecule has 164 valence electrons. The van der Waals surface area contributed by atoms with E-state index < -0.39 is 0 Å². The Bertz CT molecular complexity index is 841. The summed E-state index contributed by atoms with van der Waals surface area (Å²) in [6, 6.07) is 0. The van der Waals surface area contributed by atoms with Gasteiger partial charge in [-0.3, -0.25) is 4.79 Å². The zero-order chi connectivity index (χ0) is 21.8. The van der Waals surface area contributed by atoms with Gasteiger partial charge in [0.2, 0.25) is 0 Å². The van der Waals surface area contributed by atoms with E-state index in [4.69, 9.17) is 0 Å². The number of aliphatic hydroxyl groups is 1. The Morgan fingerprint density at radius 1 is 1.03 bits per heavy atom. The van der Waals surface area contributed by atoms with Crippen molar-refractivity contribution in [3.63, 3.8) is 0 Å². The van der Waals surface area contributed by atoms with Crippen LogP contribution in [0, 0.1) is 40.4 Å². The van der Waals surface area contributed by atoms with Crippen molar-refractivity contribution >= 4 is 5.78 Å². The fourth-order valence-corrected chi connectivity index (χ4v) is 6.81. The van der Waals surface area contributed by atoms with Crippen molar-refractivity contribution in [2.75, 3.05) is 0 Å². The van der Waals surface area contributed by atoms with Gasteiger partial charge in [-0.1, -0.05) is 71.9 Å². The lowest BCUT2D eigenvalue weighted by atomic mass is 9.53. The maximum absolute atomic E-state index is 13.4. The number of carbonyl (C=O) groups excluding carboxylic acids is 1. The molecule has 0 aromatic heterocycles. The van der Waals surface area contributed by atoms with E-state index in [1.807, 2.05) is 0 Å². The monoisotopic (exact) mass is 408 g/mol. The molecule has 0 heterocycles. The number of fused-ring (bicyclic) bond motifs is 4. The minimum absolute atomic E-state index is 0.0101. The summed E-state index contributed by atoms with van der Waals surface area (Å²) >= 11 is 0. The highest BCUT2D eigenvalue weighted by atomic mass is 16.3. The largest absolute Gasteiger partial charge is 0.389 e. The van der Waals surface area contributed by atoms with Gasteiger partial charge >= 0.3 is 0 Å². The average molecular weight is 409 g/mol. The standard InChI is InChI=1S/C28H40O2/c1-17(2)18(3)7-8-19(4)24-16-25(30)26-22-10-9-20-15-21(29)11-13-27(20,5)23(22)12-14-28(24,26)6/h7-10,15,17-19,21,23-24,29H,11-14,16H2,1-6H3/b8-7+/t18-,19-,21-,23-,24+,27-,28+/m0/s1. The van der Waals surface area contributed by atoms with Crippen LogP contribution in [0.3, 0.4) is 0 Å². The van der Waals surface area contributed by atoms with E-state index >= 15 is 0 Å². The Morgan fingerprint density at radius 3 is 2.43 bits per heavy atom. The Hall–Kier alpha value is -1.41. The predicted molar refractivity (Wildman–Crippen MR) is 124 cm³/mol. The number of hydrogen-bond donors (Lipinski definition) is 1. The first kappa shape index (κ1) is 21.8. The smallest absolute Gasteiger partial charge is 0.160 e. The van der Waals surface area contributed by atoms with Crippen LogP contribution in [0.2, 0.25) is 0 Å². The third kappa shape index (κ3) is 3.30. The minimum Gasteiger partial charge on any atom is -0.389 e. The molecule has 4 aliphatic rings. The van der Waals surface area contributed by atoms with E-state index in [0.29, 0.717) is 41.8 Å². The Balaban J connectivity index is 1.70. The van der Waals surface area contributed by atoms with Crippen LogP contribution >= 0.6 is 0 Å². The lowest BCUT2D eigenvalue weighted by molar-refractivity contribution is -0.115. The number of hydrogen-bond acceptors (Lipinski definition) is 2. The zero-order valence-electron chi connectivity index (χ0n) is 19.7. The van der Waals surface area contributed by atoms with Gasteiger partial charge < -0.3 is 5.11 Å². The maximum Gasteiger partial charge on any atom is 0.160 e. The van der Waals surface area contributed by atoms with Crippen LogP contribution < -0.4 is 0 Å². The predicted octanol–water partition coefficient (Wildman–Crippen LogP) is 6.43. The van der Waals surface area contributed by atoms with Crippen LogP contribution in [0.5, 0.6) is 0 Å². The van der Waals surface area contributed by atoms with E-state index in [-0.39, 0.29) is 16.9 Å². The summed E-state index contributed by atoms with van der Waals surface area (Å²) in [4.78, 5) is 13.4. The quantitative estimate of drug-likeness (QED) is 0.544. The van der Waals surface area contributed by atoms with Gasteiger partial charge in [0, 0.05) is 17.4 Å². The molecule has 1 fully saturated rings. The third-order valence-electron chi connectivity index (χ3n) is 9.30. The molecule has 0 aromatic rings. The SMILES string of the molecule is CC(C)[C@@H](C)/C=C/[C@H](C)[C@H]1CC(=O)C2=C3C=CC4=C[C@@H](O)CC[C@]4(C)[C@H]3CC[C@@]21C. The Morgan fingerprint density at radius 2 is 1.73 bits per heavy atom. The highest BCUT2D eigenvalue weighted by Crippen LogP contribution is 2.62. The summed E-state index contributed by atoms with van der Waals surface area (Å²) < 4.78 is 0. The fraction of sp³-hybridized carbons (Fsp3) is 0.679. The van der Waals surface area contributed by atoms with E-state index in [0.717, 1.165) is 31.3 Å². The van der Waals surface area contributed by atoms with Crippen molar-refractivity contribution in [2.24, 2.45) is 40.4 Å². The molecular formula is C28H40O2. The lowest BCUT2D eigenvalue weighted by Gasteiger charge is -2.51. The van der Waals surface area contributed by atoms with Gasteiger partial charge in [0.25, 0.3) is 0 Å². The molecule has 0 aromatic carbocycles. The molecule has 0 unspecified atom stereocenters. The van der Waals surface area contributed by atoms with Crippen molar-refractivity contribution in [1.82, 2.24) is 0 Å². The molecule has 1 N–H and O–H groups in total. The van der Waals surface area contributed by atoms with Gasteiger partial charge in [0.1, 0.15) is 0 Å². The minimum atomic E-state index is -0.320. The molecule has 0 bridgehead atoms. The Labute approximate surface area is 183 Å². The molecule has 2 heteroatoms. The van der Waals surface area contributed by atoms with E-state index in [1.165, 1.54) is 11.1 Å². The Kier molecular flexibility index (Phi) is 5.54. The summed E-state index contributed by atoms with van der Waals surface area (Å²) in [6.45, 7) is 13.9. The molecule has 0 saturated heterocycles. The molecule has 1 saturated carbocycles. The van der Waals surface area contributed by atoms with Gasteiger partial charge in [0.15, 0.2) is 5.78 Å². The second-order valence-corrected chi connectivity index (χ2v) is 11.4. The molecule has 2 nitrogen and oxygen atoms in total. The first-order valence-corrected chi connectivity index (χ1v) is 12.1. The normalized spacial score (nSPS) is 40.3. The number of rotatable bonds is 4. The number of ketones is 1. The summed E-state index contributed by atoms with van der Waals surface area (Å²) in [6.07, 6.45) is 15.7. The maximum atomic E-state index is 13.4. The van der Waals surface area contributed by atoms with Crippen LogP contribution in [0.25, 0.3) is 0 Å². The van der Waals surface area contributed by atoms with Crippen LogP contribution in [0.15, 0.2) is 47.1 Å². The molecule has 0 amide bonds. The summed E-state index contributed by atoms with van der Waals surface area (Å²) in [5, 5.41) is 10.1. The highest BCUT2D eigenvalue weighted by molar-refractivity contribution is 6.01. The third-order valence-corrected chi connectivity index (χ3v) is 9.30. The van der Waals surface area contributed by atoms with Crippen molar-refractivity contribution in [3.05, 3.63) is 47.1 Å². The van der Waals surface area contributed by atoms with Crippen molar-refractivity contribution in [1.29, 1.82) is 0 Å². The van der Waals surface area contributed by atoms with E-state index in [9.17, 15) is 9.90 Å². The van der Waals surface area contributed by atoms with Gasteiger partial charge in [-0.05, 0) is 71.8 Å². The van der Waals surface area contributed by atoms with Gasteiger partial charge in [-0.15, -0.1) is 0 Å². The highest BCUT2D eigenvalue weighted by Gasteiger charge is 2.56. The molecule has 0 aliphatic heterocycles. The average Bonchev–Trinajstić information content (AvgIpc) is 2.97. The molecule has 7 atom stereocenters. The number of aliphatic hydroxyl groups excluding tert-OH is 1. The molecule has 0 radical (unpaired) electrons. The summed E-state index contributed by atoms with van der Waals surface area (Å²) in [5.41, 5.74) is 3.79. The van der Waals surface area contributed by atoms with Crippen LogP contribution in [0.1, 0.15) is 73.6 Å². The molecule has 30 heavy (non-hydrogen) atoms. The zero-order valence-corrected chi connectivity index (χ0v) is 19.7. The van der Waals surface area contributed by atoms with Gasteiger partial charge in [-0.25, -0.2) is 0 Å². The second-order valence-electron chi connectivity index (χ2n) is 11.4. The molecule has 0 spiro atoms. The summed E-state index contributed by atoms with van der Waals surface area (Å²) in [7, 11) is 0. The molecule has 4 aliphatic carbocycles. The fourth-order valence-electron chi connectivity index (χ4n) is 6.81. The summed E-state index contributed by atoms with van der Waals surface area (Å²) in [5.74, 6) is 2.83. The number of allylic oxidation sites excluding steroid dienone is 7. The molecular weight excluding hydrogens is 368 g/mol. The topological polar surface area (TPSA) is 37.3 Å². The van der Waals surface area contributed by atoms with Crippen LogP contribution in [-0.4, -0.2) is 17.0 Å². The van der Waals surface area contributed by atoms with Crippen molar-refractivity contribution in [2.45, 2.75) is 79.8 Å². The second kappa shape index (κ2) is 7.62. The first-order valence-electron chi connectivity index (χ1n) is 12.1. The van der Waals surface area contributed by atoms with Gasteiger partial charge in [0.05, 0.1) is 6.10 Å². The van der Waals surface area contributed by atoms with Crippen LogP contribution in [0.4, 0.5) is 0 Å². The number of Topliss-reactive ketones (excluding diaryl/α,β-unsaturated/α-hetero) is 1. The van der Waals surface area contributed by atoms with Crippen LogP contribution in [-0.2, 0) is 4.79 Å². The lowest BCUT2D eigenvalue weighted by Crippen LogP contribution is -2.42. The van der Waals surface area contributed by atoms with Crippen molar-refractivity contribution in [3.8, 4) is 0 Å². The molecule has 4 rings (SSSR count).